The van der Waals surface area contributed by atoms with Crippen LogP contribution >= 0.6 is 0 Å². The summed E-state index contributed by atoms with van der Waals surface area (Å²) >= 11 is 0. The summed E-state index contributed by atoms with van der Waals surface area (Å²) in [4.78, 5) is 20.7. The number of fused-ring (bicyclic) bond motifs is 1. The van der Waals surface area contributed by atoms with Crippen molar-refractivity contribution in [3.05, 3.63) is 90.0 Å². The van der Waals surface area contributed by atoms with Crippen LogP contribution in [0.3, 0.4) is 0 Å². The van der Waals surface area contributed by atoms with Crippen molar-refractivity contribution in [2.75, 3.05) is 5.32 Å². The number of aromatic amines is 1. The lowest BCUT2D eigenvalue weighted by atomic mass is 9.84. The second-order valence-corrected chi connectivity index (χ2v) is 7.09. The monoisotopic (exact) mass is 397 g/mol. The molecule has 2 N–H and O–H groups in total. The number of pyridine rings is 2. The van der Waals surface area contributed by atoms with Gasteiger partial charge in [0.05, 0.1) is 11.4 Å². The number of benzene rings is 1. The number of anilines is 1. The number of H-pyrrole nitrogens is 1. The Morgan fingerprint density at radius 1 is 1.03 bits per heavy atom. The van der Waals surface area contributed by atoms with Crippen molar-refractivity contribution in [2.24, 2.45) is 0 Å². The first-order chi connectivity index (χ1) is 14.8. The van der Waals surface area contributed by atoms with Crippen molar-refractivity contribution in [2.45, 2.75) is 18.9 Å². The van der Waals surface area contributed by atoms with Gasteiger partial charge in [-0.15, -0.1) is 0 Å². The molecule has 3 aromatic heterocycles. The van der Waals surface area contributed by atoms with Crippen LogP contribution in [0.4, 0.5) is 5.82 Å². The fourth-order valence-electron chi connectivity index (χ4n) is 3.71. The summed E-state index contributed by atoms with van der Waals surface area (Å²) < 4.78 is 5.83. The Labute approximate surface area is 173 Å². The third kappa shape index (κ3) is 3.53. The molecule has 0 saturated carbocycles. The number of nitrogens with zero attached hydrogens (tertiary/aromatic N) is 3. The molecule has 1 aliphatic heterocycles. The Balaban J connectivity index is 1.42. The van der Waals surface area contributed by atoms with E-state index in [0.29, 0.717) is 18.8 Å². The molecule has 0 saturated heterocycles. The molecule has 1 atom stereocenters. The van der Waals surface area contributed by atoms with Gasteiger partial charge in [-0.1, -0.05) is 18.2 Å². The van der Waals surface area contributed by atoms with Crippen molar-refractivity contribution in [3.8, 4) is 17.0 Å². The minimum absolute atomic E-state index is 0.0489. The maximum Gasteiger partial charge on any atom is 0.226 e. The molecule has 0 bridgehead atoms. The lowest BCUT2D eigenvalue weighted by Crippen LogP contribution is -2.23. The second kappa shape index (κ2) is 7.79. The van der Waals surface area contributed by atoms with E-state index in [9.17, 15) is 4.79 Å². The highest BCUT2D eigenvalue weighted by atomic mass is 16.5. The van der Waals surface area contributed by atoms with Crippen molar-refractivity contribution < 1.29 is 9.53 Å². The van der Waals surface area contributed by atoms with Crippen LogP contribution in [0.25, 0.3) is 11.3 Å². The first kappa shape index (κ1) is 18.1. The zero-order valence-electron chi connectivity index (χ0n) is 16.1. The summed E-state index contributed by atoms with van der Waals surface area (Å²) in [6, 6.07) is 17.4. The summed E-state index contributed by atoms with van der Waals surface area (Å²) in [7, 11) is 0. The number of aromatic nitrogens is 4. The zero-order valence-corrected chi connectivity index (χ0v) is 16.1. The van der Waals surface area contributed by atoms with Crippen molar-refractivity contribution in [3.63, 3.8) is 0 Å². The van der Waals surface area contributed by atoms with E-state index in [-0.39, 0.29) is 11.8 Å². The lowest BCUT2D eigenvalue weighted by molar-refractivity contribution is -0.116. The van der Waals surface area contributed by atoms with Crippen LogP contribution in [0.2, 0.25) is 0 Å². The van der Waals surface area contributed by atoms with Crippen LogP contribution in [-0.4, -0.2) is 26.1 Å². The molecule has 7 heteroatoms. The van der Waals surface area contributed by atoms with E-state index in [1.54, 1.807) is 18.6 Å². The minimum Gasteiger partial charge on any atom is -0.487 e. The van der Waals surface area contributed by atoms with Crippen LogP contribution < -0.4 is 10.1 Å². The van der Waals surface area contributed by atoms with E-state index in [1.165, 1.54) is 0 Å². The summed E-state index contributed by atoms with van der Waals surface area (Å²) in [6.45, 7) is 0.406. The zero-order chi connectivity index (χ0) is 20.3. The Morgan fingerprint density at radius 2 is 1.93 bits per heavy atom. The van der Waals surface area contributed by atoms with Gasteiger partial charge in [-0.05, 0) is 42.0 Å². The maximum atomic E-state index is 12.3. The first-order valence-electron chi connectivity index (χ1n) is 9.69. The van der Waals surface area contributed by atoms with Gasteiger partial charge in [0.25, 0.3) is 0 Å². The van der Waals surface area contributed by atoms with Crippen LogP contribution in [0, 0.1) is 0 Å². The molecule has 7 nitrogen and oxygen atoms in total. The molecule has 30 heavy (non-hydrogen) atoms. The number of carbonyl (C=O) groups excluding carboxylic acids is 1. The molecule has 0 radical (unpaired) electrons. The fraction of sp³-hybridized carbons (Fsp3) is 0.130. The molecule has 1 aromatic carbocycles. The predicted octanol–water partition coefficient (Wildman–Crippen LogP) is 3.92. The van der Waals surface area contributed by atoms with Crippen LogP contribution in [0.5, 0.6) is 5.75 Å². The van der Waals surface area contributed by atoms with Gasteiger partial charge in [0.2, 0.25) is 5.91 Å². The Hall–Kier alpha value is -4.00. The van der Waals surface area contributed by atoms with Crippen LogP contribution in [0.15, 0.2) is 73.2 Å². The molecule has 0 fully saturated rings. The van der Waals surface area contributed by atoms with Gasteiger partial charge in [-0.3, -0.25) is 19.9 Å². The smallest absolute Gasteiger partial charge is 0.226 e. The number of ether oxygens (including phenoxy) is 1. The van der Waals surface area contributed by atoms with Gasteiger partial charge in [-0.2, -0.15) is 5.10 Å². The normalized spacial score (nSPS) is 15.3. The van der Waals surface area contributed by atoms with Crippen LogP contribution in [-0.2, 0) is 11.4 Å². The highest BCUT2D eigenvalue weighted by molar-refractivity contribution is 5.96. The standard InChI is InChI=1S/C23H19N5O2/c29-20-12-19(21-22(27-28-23(21)26-20)16-4-3-10-24-13-16)15-6-8-18(9-7-15)30-14-17-5-1-2-11-25-17/h1-11,13,19H,12,14H2,(H2,26,27,28,29). The van der Waals surface area contributed by atoms with Gasteiger partial charge >= 0.3 is 0 Å². The molecule has 0 spiro atoms. The topological polar surface area (TPSA) is 92.8 Å². The Bertz CT molecular complexity index is 1160. The average Bonchev–Trinajstić information content (AvgIpc) is 3.22. The molecule has 148 valence electrons. The third-order valence-electron chi connectivity index (χ3n) is 5.15. The molecule has 1 aliphatic rings. The van der Waals surface area contributed by atoms with Gasteiger partial charge in [0.1, 0.15) is 12.4 Å². The number of rotatable bonds is 5. The third-order valence-corrected chi connectivity index (χ3v) is 5.15. The number of carbonyl (C=O) groups is 1. The van der Waals surface area contributed by atoms with Gasteiger partial charge < -0.3 is 10.1 Å². The van der Waals surface area contributed by atoms with E-state index in [0.717, 1.165) is 33.8 Å². The van der Waals surface area contributed by atoms with E-state index in [2.05, 4.69) is 25.5 Å². The molecule has 1 amide bonds. The van der Waals surface area contributed by atoms with Crippen molar-refractivity contribution >= 4 is 11.7 Å². The maximum absolute atomic E-state index is 12.3. The second-order valence-electron chi connectivity index (χ2n) is 7.09. The molecule has 4 heterocycles. The fourth-order valence-corrected chi connectivity index (χ4v) is 3.71. The predicted molar refractivity (Wildman–Crippen MR) is 112 cm³/mol. The molecule has 5 rings (SSSR count). The van der Waals surface area contributed by atoms with Gasteiger partial charge in [-0.25, -0.2) is 0 Å². The molecule has 0 aliphatic carbocycles. The van der Waals surface area contributed by atoms with E-state index in [1.807, 2.05) is 54.6 Å². The van der Waals surface area contributed by atoms with Gasteiger partial charge in [0, 0.05) is 42.1 Å². The minimum atomic E-state index is -0.104. The number of amides is 1. The molecular weight excluding hydrogens is 378 g/mol. The largest absolute Gasteiger partial charge is 0.487 e. The summed E-state index contributed by atoms with van der Waals surface area (Å²) in [5.74, 6) is 1.18. The summed E-state index contributed by atoms with van der Waals surface area (Å²) in [6.07, 6.45) is 5.62. The molecule has 1 unspecified atom stereocenters. The SMILES string of the molecule is O=C1CC(c2ccc(OCc3ccccn3)cc2)c2c(n[nH]c2-c2cccnc2)N1. The summed E-state index contributed by atoms with van der Waals surface area (Å²) in [5, 5.41) is 10.3. The van der Waals surface area contributed by atoms with Crippen molar-refractivity contribution in [1.82, 2.24) is 20.2 Å². The van der Waals surface area contributed by atoms with E-state index in [4.69, 9.17) is 4.74 Å². The van der Waals surface area contributed by atoms with Crippen molar-refractivity contribution in [1.29, 1.82) is 0 Å². The Morgan fingerprint density at radius 3 is 2.70 bits per heavy atom. The number of hydrogen-bond donors (Lipinski definition) is 2. The number of nitrogens with one attached hydrogen (secondary N) is 2. The summed E-state index contributed by atoms with van der Waals surface area (Å²) in [5.41, 5.74) is 4.68. The first-order valence-corrected chi connectivity index (χ1v) is 9.69. The molecule has 4 aromatic rings. The molecular formula is C23H19N5O2. The highest BCUT2D eigenvalue weighted by Gasteiger charge is 2.32. The van der Waals surface area contributed by atoms with E-state index >= 15 is 0 Å². The Kier molecular flexibility index (Phi) is 4.69. The van der Waals surface area contributed by atoms with Crippen LogP contribution in [0.1, 0.15) is 29.2 Å². The van der Waals surface area contributed by atoms with Gasteiger partial charge in [0.15, 0.2) is 5.82 Å². The average molecular weight is 397 g/mol. The highest BCUT2D eigenvalue weighted by Crippen LogP contribution is 2.41. The number of hydrogen-bond acceptors (Lipinski definition) is 5. The van der Waals surface area contributed by atoms with E-state index < -0.39 is 0 Å². The quantitative estimate of drug-likeness (QED) is 0.532. The lowest BCUT2D eigenvalue weighted by Gasteiger charge is -2.23.